The van der Waals surface area contributed by atoms with Crippen molar-refractivity contribution in [3.63, 3.8) is 0 Å². The van der Waals surface area contributed by atoms with Crippen LogP contribution in [0.2, 0.25) is 0 Å². The van der Waals surface area contributed by atoms with Gasteiger partial charge in [-0.05, 0) is 24.3 Å². The van der Waals surface area contributed by atoms with Crippen molar-refractivity contribution in [2.24, 2.45) is 0 Å². The molecule has 6 nitrogen and oxygen atoms in total. The van der Waals surface area contributed by atoms with Crippen LogP contribution in [0.3, 0.4) is 0 Å². The third kappa shape index (κ3) is 3.60. The molecule has 0 bridgehead atoms. The van der Waals surface area contributed by atoms with E-state index in [1.807, 2.05) is 18.2 Å². The van der Waals surface area contributed by atoms with Crippen LogP contribution in [0.25, 0.3) is 0 Å². The highest BCUT2D eigenvalue weighted by atomic mass is 16.5. The Hall–Kier alpha value is -2.60. The molecule has 120 valence electrons. The number of methoxy groups -OCH3 is 1. The first kappa shape index (κ1) is 15.3. The lowest BCUT2D eigenvalue weighted by molar-refractivity contribution is 0.102. The van der Waals surface area contributed by atoms with Crippen molar-refractivity contribution in [2.75, 3.05) is 43.6 Å². The zero-order chi connectivity index (χ0) is 16.1. The molecule has 2 heterocycles. The van der Waals surface area contributed by atoms with E-state index >= 15 is 0 Å². The monoisotopic (exact) mass is 313 g/mol. The number of ether oxygens (including phenoxy) is 2. The van der Waals surface area contributed by atoms with E-state index in [-0.39, 0.29) is 5.91 Å². The summed E-state index contributed by atoms with van der Waals surface area (Å²) in [5.41, 5.74) is 2.04. The van der Waals surface area contributed by atoms with E-state index in [0.29, 0.717) is 30.3 Å². The summed E-state index contributed by atoms with van der Waals surface area (Å²) in [6, 6.07) is 10.9. The molecule has 0 radical (unpaired) electrons. The fourth-order valence-corrected chi connectivity index (χ4v) is 2.51. The quantitative estimate of drug-likeness (QED) is 0.937. The third-order valence-corrected chi connectivity index (χ3v) is 3.70. The summed E-state index contributed by atoms with van der Waals surface area (Å²) >= 11 is 0. The molecule has 0 spiro atoms. The summed E-state index contributed by atoms with van der Waals surface area (Å²) in [4.78, 5) is 18.7. The number of nitrogens with one attached hydrogen (secondary N) is 1. The van der Waals surface area contributed by atoms with E-state index in [9.17, 15) is 4.79 Å². The lowest BCUT2D eigenvalue weighted by atomic mass is 10.2. The van der Waals surface area contributed by atoms with Gasteiger partial charge in [0.15, 0.2) is 0 Å². The lowest BCUT2D eigenvalue weighted by Gasteiger charge is -2.30. The van der Waals surface area contributed by atoms with Gasteiger partial charge in [0.2, 0.25) is 0 Å². The van der Waals surface area contributed by atoms with E-state index in [0.717, 1.165) is 18.8 Å². The maximum atomic E-state index is 12.4. The van der Waals surface area contributed by atoms with E-state index in [1.54, 1.807) is 31.5 Å². The molecule has 1 fully saturated rings. The second-order valence-electron chi connectivity index (χ2n) is 5.15. The van der Waals surface area contributed by atoms with Gasteiger partial charge in [-0.3, -0.25) is 9.78 Å². The summed E-state index contributed by atoms with van der Waals surface area (Å²) in [6.45, 7) is 2.94. The van der Waals surface area contributed by atoms with Gasteiger partial charge in [-0.25, -0.2) is 0 Å². The number of aromatic nitrogens is 1. The van der Waals surface area contributed by atoms with Crippen molar-refractivity contribution in [3.05, 3.63) is 48.3 Å². The summed E-state index contributed by atoms with van der Waals surface area (Å²) < 4.78 is 10.7. The second kappa shape index (κ2) is 7.11. The Labute approximate surface area is 135 Å². The normalized spacial score (nSPS) is 14.4. The van der Waals surface area contributed by atoms with Gasteiger partial charge >= 0.3 is 0 Å². The van der Waals surface area contributed by atoms with Crippen LogP contribution in [0, 0.1) is 0 Å². The minimum atomic E-state index is -0.242. The van der Waals surface area contributed by atoms with E-state index in [4.69, 9.17) is 9.47 Å². The summed E-state index contributed by atoms with van der Waals surface area (Å²) in [5.74, 6) is 0.451. The summed E-state index contributed by atoms with van der Waals surface area (Å²) in [6.07, 6.45) is 1.60. The minimum absolute atomic E-state index is 0.242. The van der Waals surface area contributed by atoms with E-state index < -0.39 is 0 Å². The van der Waals surface area contributed by atoms with Crippen molar-refractivity contribution in [1.29, 1.82) is 0 Å². The number of rotatable bonds is 4. The molecule has 1 aromatic carbocycles. The molecular formula is C17H19N3O3. The summed E-state index contributed by atoms with van der Waals surface area (Å²) in [7, 11) is 1.61. The van der Waals surface area contributed by atoms with E-state index in [1.165, 1.54) is 0 Å². The maximum absolute atomic E-state index is 12.4. The molecule has 1 amide bonds. The molecule has 23 heavy (non-hydrogen) atoms. The number of nitrogens with zero attached hydrogens (tertiary/aromatic N) is 2. The highest BCUT2D eigenvalue weighted by Gasteiger charge is 2.17. The molecule has 6 heteroatoms. The van der Waals surface area contributed by atoms with E-state index in [2.05, 4.69) is 15.2 Å². The fraction of sp³-hybridized carbons (Fsp3) is 0.294. The molecule has 0 unspecified atom stereocenters. The number of anilines is 2. The first-order chi connectivity index (χ1) is 11.3. The predicted octanol–water partition coefficient (Wildman–Crippen LogP) is 2.18. The Morgan fingerprint density at radius 2 is 2.09 bits per heavy atom. The number of hydrogen-bond acceptors (Lipinski definition) is 5. The maximum Gasteiger partial charge on any atom is 0.274 e. The van der Waals surface area contributed by atoms with Crippen molar-refractivity contribution in [1.82, 2.24) is 4.98 Å². The molecule has 1 aliphatic rings. The molecule has 0 atom stereocenters. The highest BCUT2D eigenvalue weighted by Crippen LogP contribution is 2.31. The topological polar surface area (TPSA) is 63.7 Å². The van der Waals surface area contributed by atoms with Crippen LogP contribution in [0.5, 0.6) is 5.75 Å². The highest BCUT2D eigenvalue weighted by molar-refractivity contribution is 6.04. The minimum Gasteiger partial charge on any atom is -0.497 e. The Bertz CT molecular complexity index is 670. The van der Waals surface area contributed by atoms with Crippen LogP contribution >= 0.6 is 0 Å². The van der Waals surface area contributed by atoms with Crippen molar-refractivity contribution in [2.45, 2.75) is 0 Å². The average molecular weight is 313 g/mol. The largest absolute Gasteiger partial charge is 0.497 e. The van der Waals surface area contributed by atoms with Crippen LogP contribution in [0.4, 0.5) is 11.4 Å². The zero-order valence-electron chi connectivity index (χ0n) is 13.0. The van der Waals surface area contributed by atoms with Gasteiger partial charge in [-0.2, -0.15) is 0 Å². The van der Waals surface area contributed by atoms with Gasteiger partial charge in [-0.1, -0.05) is 6.07 Å². The van der Waals surface area contributed by atoms with Gasteiger partial charge in [0.25, 0.3) is 5.91 Å². The first-order valence-electron chi connectivity index (χ1n) is 7.51. The molecule has 2 aromatic rings. The standard InChI is InChI=1S/C17H19N3O3/c1-22-13-5-6-16(20-8-10-23-11-9-20)15(12-13)19-17(21)14-4-2-3-7-18-14/h2-7,12H,8-11H2,1H3,(H,19,21). The van der Waals surface area contributed by atoms with Gasteiger partial charge in [-0.15, -0.1) is 0 Å². The second-order valence-corrected chi connectivity index (χ2v) is 5.15. The first-order valence-corrected chi connectivity index (χ1v) is 7.51. The van der Waals surface area contributed by atoms with Crippen molar-refractivity contribution in [3.8, 4) is 5.75 Å². The predicted molar refractivity (Wildman–Crippen MR) is 88.2 cm³/mol. The fourth-order valence-electron chi connectivity index (χ4n) is 2.51. The van der Waals surface area contributed by atoms with Gasteiger partial charge in [0.1, 0.15) is 11.4 Å². The molecular weight excluding hydrogens is 294 g/mol. The van der Waals surface area contributed by atoms with Crippen LogP contribution in [0.15, 0.2) is 42.6 Å². The Kier molecular flexibility index (Phi) is 4.73. The van der Waals surface area contributed by atoms with Crippen LogP contribution in [-0.4, -0.2) is 44.3 Å². The number of carbonyl (C=O) groups excluding carboxylic acids is 1. The third-order valence-electron chi connectivity index (χ3n) is 3.70. The number of pyridine rings is 1. The molecule has 1 N–H and O–H groups in total. The van der Waals surface area contributed by atoms with Crippen LogP contribution in [0.1, 0.15) is 10.5 Å². The molecule has 3 rings (SSSR count). The number of morpholine rings is 1. The lowest BCUT2D eigenvalue weighted by Crippen LogP contribution is -2.36. The van der Waals surface area contributed by atoms with Gasteiger partial charge in [0.05, 0.1) is 31.7 Å². The van der Waals surface area contributed by atoms with Gasteiger partial charge in [0, 0.05) is 25.4 Å². The molecule has 1 saturated heterocycles. The molecule has 1 aliphatic heterocycles. The average Bonchev–Trinajstić information content (AvgIpc) is 2.63. The molecule has 0 aliphatic carbocycles. The SMILES string of the molecule is COc1ccc(N2CCOCC2)c(NC(=O)c2ccccn2)c1. The Morgan fingerprint density at radius 1 is 1.26 bits per heavy atom. The number of amides is 1. The number of benzene rings is 1. The Morgan fingerprint density at radius 3 is 2.78 bits per heavy atom. The van der Waals surface area contributed by atoms with Crippen molar-refractivity contribution < 1.29 is 14.3 Å². The molecule has 1 aromatic heterocycles. The van der Waals surface area contributed by atoms with Crippen LogP contribution in [-0.2, 0) is 4.74 Å². The zero-order valence-corrected chi connectivity index (χ0v) is 13.0. The number of hydrogen-bond donors (Lipinski definition) is 1. The van der Waals surface area contributed by atoms with Gasteiger partial charge < -0.3 is 19.7 Å². The number of carbonyl (C=O) groups is 1. The summed E-state index contributed by atoms with van der Waals surface area (Å²) in [5, 5.41) is 2.93. The molecule has 0 saturated carbocycles. The Balaban J connectivity index is 1.87. The van der Waals surface area contributed by atoms with Crippen LogP contribution < -0.4 is 15.0 Å². The van der Waals surface area contributed by atoms with Crippen molar-refractivity contribution >= 4 is 17.3 Å². The smallest absolute Gasteiger partial charge is 0.274 e.